The predicted octanol–water partition coefficient (Wildman–Crippen LogP) is 3.71. The minimum absolute atomic E-state index is 0.0916. The first-order valence-corrected chi connectivity index (χ1v) is 8.23. The van der Waals surface area contributed by atoms with Gasteiger partial charge in [0.1, 0.15) is 11.5 Å². The van der Waals surface area contributed by atoms with Crippen LogP contribution in [0.25, 0.3) is 0 Å². The molecule has 1 heterocycles. The van der Waals surface area contributed by atoms with Crippen molar-refractivity contribution in [3.63, 3.8) is 0 Å². The smallest absolute Gasteiger partial charge is 0.277 e. The largest absolute Gasteiger partial charge is 0.484 e. The van der Waals surface area contributed by atoms with Crippen LogP contribution in [0.3, 0.4) is 0 Å². The van der Waals surface area contributed by atoms with E-state index in [1.54, 1.807) is 6.07 Å². The summed E-state index contributed by atoms with van der Waals surface area (Å²) in [6.45, 7) is 6.35. The van der Waals surface area contributed by atoms with Crippen molar-refractivity contribution in [2.24, 2.45) is 5.10 Å². The Hall–Kier alpha value is -1.83. The van der Waals surface area contributed by atoms with Crippen molar-refractivity contribution < 1.29 is 13.9 Å². The van der Waals surface area contributed by atoms with Crippen LogP contribution in [-0.4, -0.2) is 18.7 Å². The molecule has 0 bridgehead atoms. The molecular weight excluding hydrogens is 407 g/mol. The number of amides is 1. The van der Waals surface area contributed by atoms with E-state index in [1.807, 2.05) is 30.3 Å². The maximum absolute atomic E-state index is 11.7. The van der Waals surface area contributed by atoms with Gasteiger partial charge in [-0.1, -0.05) is 32.9 Å². The molecule has 0 atom stereocenters. The summed E-state index contributed by atoms with van der Waals surface area (Å²) >= 11 is 2.06. The lowest BCUT2D eigenvalue weighted by atomic mass is 9.87. The van der Waals surface area contributed by atoms with Crippen molar-refractivity contribution in [2.45, 2.75) is 26.2 Å². The first-order valence-electron chi connectivity index (χ1n) is 7.15. The van der Waals surface area contributed by atoms with Crippen molar-refractivity contribution in [3.05, 3.63) is 51.5 Å². The Morgan fingerprint density at radius 2 is 1.96 bits per heavy atom. The molecule has 2 aromatic rings. The molecule has 1 aromatic heterocycles. The molecule has 0 aliphatic heterocycles. The number of carbonyl (C=O) groups is 1. The summed E-state index contributed by atoms with van der Waals surface area (Å²) in [6.07, 6.45) is 1.44. The Kier molecular flexibility index (Phi) is 5.81. The van der Waals surface area contributed by atoms with Gasteiger partial charge in [-0.05, 0) is 57.8 Å². The summed E-state index contributed by atoms with van der Waals surface area (Å²) < 4.78 is 11.5. The number of halogens is 1. The summed E-state index contributed by atoms with van der Waals surface area (Å²) in [6, 6.07) is 11.3. The van der Waals surface area contributed by atoms with Gasteiger partial charge in [-0.25, -0.2) is 5.43 Å². The van der Waals surface area contributed by atoms with Crippen molar-refractivity contribution in [1.82, 2.24) is 5.43 Å². The number of carbonyl (C=O) groups excluding carboxylic acids is 1. The quantitative estimate of drug-likeness (QED) is 0.451. The van der Waals surface area contributed by atoms with Gasteiger partial charge in [0.25, 0.3) is 5.91 Å². The van der Waals surface area contributed by atoms with Crippen LogP contribution >= 0.6 is 22.6 Å². The molecule has 1 amide bonds. The van der Waals surface area contributed by atoms with E-state index in [0.29, 0.717) is 11.5 Å². The number of hydrazone groups is 1. The molecule has 0 unspecified atom stereocenters. The molecule has 0 spiro atoms. The minimum Gasteiger partial charge on any atom is -0.484 e. The lowest BCUT2D eigenvalue weighted by Crippen LogP contribution is -2.24. The summed E-state index contributed by atoms with van der Waals surface area (Å²) in [5.41, 5.74) is 3.70. The van der Waals surface area contributed by atoms with Gasteiger partial charge in [-0.3, -0.25) is 4.79 Å². The number of hydrogen-bond donors (Lipinski definition) is 1. The highest BCUT2D eigenvalue weighted by molar-refractivity contribution is 14.1. The van der Waals surface area contributed by atoms with Gasteiger partial charge >= 0.3 is 0 Å². The maximum Gasteiger partial charge on any atom is 0.277 e. The van der Waals surface area contributed by atoms with E-state index in [2.05, 4.69) is 53.9 Å². The van der Waals surface area contributed by atoms with E-state index in [0.717, 1.165) is 3.77 Å². The van der Waals surface area contributed by atoms with Crippen molar-refractivity contribution in [2.75, 3.05) is 6.61 Å². The predicted molar refractivity (Wildman–Crippen MR) is 97.8 cm³/mol. The number of nitrogens with one attached hydrogen (secondary N) is 1. The summed E-state index contributed by atoms with van der Waals surface area (Å²) in [7, 11) is 0. The van der Waals surface area contributed by atoms with E-state index in [4.69, 9.17) is 9.15 Å². The Labute approximate surface area is 149 Å². The Bertz CT molecular complexity index is 685. The average Bonchev–Trinajstić information content (AvgIpc) is 2.90. The van der Waals surface area contributed by atoms with Gasteiger partial charge in [0, 0.05) is 0 Å². The van der Waals surface area contributed by atoms with E-state index in [-0.39, 0.29) is 17.9 Å². The van der Waals surface area contributed by atoms with Crippen LogP contribution in [0.15, 0.2) is 45.9 Å². The molecule has 1 N–H and O–H groups in total. The third kappa shape index (κ3) is 5.70. The summed E-state index contributed by atoms with van der Waals surface area (Å²) in [4.78, 5) is 11.7. The number of furan rings is 1. The molecule has 0 aliphatic carbocycles. The van der Waals surface area contributed by atoms with Crippen LogP contribution in [0.1, 0.15) is 32.1 Å². The number of nitrogens with zero attached hydrogens (tertiary/aromatic N) is 1. The Morgan fingerprint density at radius 3 is 2.52 bits per heavy atom. The van der Waals surface area contributed by atoms with E-state index in [9.17, 15) is 4.79 Å². The number of hydrogen-bond acceptors (Lipinski definition) is 4. The standard InChI is InChI=1S/C17H19IN2O3/c1-17(2,3)12-4-6-13(7-5-12)22-11-16(21)20-19-10-14-8-9-15(18)23-14/h4-10H,11H2,1-3H3,(H,20,21)/b19-10+. The molecule has 23 heavy (non-hydrogen) atoms. The van der Waals surface area contributed by atoms with Gasteiger partial charge in [0.15, 0.2) is 10.4 Å². The van der Waals surface area contributed by atoms with E-state index < -0.39 is 0 Å². The molecule has 2 rings (SSSR count). The lowest BCUT2D eigenvalue weighted by Gasteiger charge is -2.19. The highest BCUT2D eigenvalue weighted by atomic mass is 127. The molecular formula is C17H19IN2O3. The highest BCUT2D eigenvalue weighted by Crippen LogP contribution is 2.24. The molecule has 0 saturated carbocycles. The molecule has 122 valence electrons. The first-order chi connectivity index (χ1) is 10.8. The van der Waals surface area contributed by atoms with Crippen molar-refractivity contribution in [1.29, 1.82) is 0 Å². The summed E-state index contributed by atoms with van der Waals surface area (Å²) in [5, 5.41) is 3.81. The Balaban J connectivity index is 1.79. The van der Waals surface area contributed by atoms with Crippen LogP contribution < -0.4 is 10.2 Å². The van der Waals surface area contributed by atoms with Crippen LogP contribution in [0, 0.1) is 3.77 Å². The zero-order chi connectivity index (χ0) is 16.9. The summed E-state index contributed by atoms with van der Waals surface area (Å²) in [5.74, 6) is 0.897. The van der Waals surface area contributed by atoms with Crippen LogP contribution in [0.2, 0.25) is 0 Å². The number of benzene rings is 1. The fourth-order valence-corrected chi connectivity index (χ4v) is 2.23. The molecule has 6 heteroatoms. The molecule has 0 fully saturated rings. The third-order valence-corrected chi connectivity index (χ3v) is 3.65. The number of rotatable bonds is 5. The number of ether oxygens (including phenoxy) is 1. The first kappa shape index (κ1) is 17.5. The van der Waals surface area contributed by atoms with Crippen LogP contribution in [0.5, 0.6) is 5.75 Å². The van der Waals surface area contributed by atoms with Crippen LogP contribution in [0.4, 0.5) is 0 Å². The molecule has 0 aliphatic rings. The average molecular weight is 426 g/mol. The highest BCUT2D eigenvalue weighted by Gasteiger charge is 2.13. The molecule has 5 nitrogen and oxygen atoms in total. The van der Waals surface area contributed by atoms with Gasteiger partial charge in [-0.15, -0.1) is 0 Å². The van der Waals surface area contributed by atoms with Crippen molar-refractivity contribution >= 4 is 34.7 Å². The van der Waals surface area contributed by atoms with Gasteiger partial charge in [0.05, 0.1) is 6.21 Å². The monoisotopic (exact) mass is 426 g/mol. The zero-order valence-corrected chi connectivity index (χ0v) is 15.5. The van der Waals surface area contributed by atoms with Crippen LogP contribution in [-0.2, 0) is 10.2 Å². The molecule has 1 aromatic carbocycles. The topological polar surface area (TPSA) is 63.8 Å². The molecule has 0 radical (unpaired) electrons. The van der Waals surface area contributed by atoms with E-state index in [1.165, 1.54) is 11.8 Å². The van der Waals surface area contributed by atoms with Gasteiger partial charge < -0.3 is 9.15 Å². The third-order valence-electron chi connectivity index (χ3n) is 3.07. The van der Waals surface area contributed by atoms with Crippen molar-refractivity contribution in [3.8, 4) is 5.75 Å². The minimum atomic E-state index is -0.331. The fourth-order valence-electron chi connectivity index (χ4n) is 1.80. The second-order valence-corrected chi connectivity index (χ2v) is 7.06. The van der Waals surface area contributed by atoms with Gasteiger partial charge in [-0.2, -0.15) is 5.10 Å². The second kappa shape index (κ2) is 7.63. The van der Waals surface area contributed by atoms with E-state index >= 15 is 0 Å². The lowest BCUT2D eigenvalue weighted by molar-refractivity contribution is -0.123. The Morgan fingerprint density at radius 1 is 1.26 bits per heavy atom. The van der Waals surface area contributed by atoms with Gasteiger partial charge in [0.2, 0.25) is 0 Å². The molecule has 0 saturated heterocycles. The SMILES string of the molecule is CC(C)(C)c1ccc(OCC(=O)N/N=C/c2ccc(I)o2)cc1. The second-order valence-electron chi connectivity index (χ2n) is 6.00. The zero-order valence-electron chi connectivity index (χ0n) is 13.3. The fraction of sp³-hybridized carbons (Fsp3) is 0.294. The normalized spacial score (nSPS) is 11.7. The maximum atomic E-state index is 11.7.